The van der Waals surface area contributed by atoms with Crippen LogP contribution in [0.5, 0.6) is 0 Å². The van der Waals surface area contributed by atoms with E-state index < -0.39 is 11.6 Å². The number of anilines is 1. The van der Waals surface area contributed by atoms with Gasteiger partial charge in [-0.3, -0.25) is 10.2 Å². The van der Waals surface area contributed by atoms with E-state index in [0.29, 0.717) is 11.6 Å². The molecule has 0 saturated heterocycles. The maximum atomic E-state index is 10.5. The Labute approximate surface area is 79.2 Å². The van der Waals surface area contributed by atoms with E-state index in [0.717, 1.165) is 0 Å². The molecule has 0 aliphatic carbocycles. The van der Waals surface area contributed by atoms with Gasteiger partial charge >= 0.3 is 0 Å². The molecule has 0 bridgehead atoms. The number of primary amides is 1. The second-order valence-electron chi connectivity index (χ2n) is 2.37. The van der Waals surface area contributed by atoms with Crippen LogP contribution in [-0.4, -0.2) is 16.8 Å². The van der Waals surface area contributed by atoms with E-state index in [-0.39, 0.29) is 0 Å². The monoisotopic (exact) mass is 193 g/mol. The van der Waals surface area contributed by atoms with Gasteiger partial charge in [-0.2, -0.15) is 10.4 Å². The Morgan fingerprint density at radius 1 is 1.86 bits per heavy atom. The van der Waals surface area contributed by atoms with Crippen LogP contribution in [0.3, 0.4) is 0 Å². The number of aryl methyl sites for hydroxylation is 1. The predicted octanol–water partition coefficient (Wildman–Crippen LogP) is -0.240. The summed E-state index contributed by atoms with van der Waals surface area (Å²) in [5.74, 6) is -0.0167. The average molecular weight is 193 g/mol. The Kier molecular flexibility index (Phi) is 2.81. The van der Waals surface area contributed by atoms with Crippen LogP contribution in [0.15, 0.2) is 15.7 Å². The van der Waals surface area contributed by atoms with Gasteiger partial charge in [0.15, 0.2) is 5.82 Å². The minimum Gasteiger partial charge on any atom is -0.364 e. The first-order chi connectivity index (χ1) is 6.63. The summed E-state index contributed by atoms with van der Waals surface area (Å²) < 4.78 is 4.71. The van der Waals surface area contributed by atoms with Crippen LogP contribution >= 0.6 is 0 Å². The highest BCUT2D eigenvalue weighted by Crippen LogP contribution is 2.06. The summed E-state index contributed by atoms with van der Waals surface area (Å²) >= 11 is 0. The summed E-state index contributed by atoms with van der Waals surface area (Å²) in [5, 5.41) is 15.4. The van der Waals surface area contributed by atoms with Crippen molar-refractivity contribution in [3.05, 3.63) is 11.8 Å². The molecule has 72 valence electrons. The molecule has 3 N–H and O–H groups in total. The Morgan fingerprint density at radius 2 is 2.57 bits per heavy atom. The molecule has 0 aromatic carbocycles. The van der Waals surface area contributed by atoms with Crippen LogP contribution in [0.4, 0.5) is 5.82 Å². The zero-order valence-electron chi connectivity index (χ0n) is 7.31. The van der Waals surface area contributed by atoms with Gasteiger partial charge in [0.2, 0.25) is 5.71 Å². The van der Waals surface area contributed by atoms with Gasteiger partial charge in [0.25, 0.3) is 5.91 Å². The number of rotatable bonds is 3. The lowest BCUT2D eigenvalue weighted by atomic mass is 10.4. The Bertz CT molecular complexity index is 414. The van der Waals surface area contributed by atoms with Crippen molar-refractivity contribution in [1.29, 1.82) is 5.26 Å². The van der Waals surface area contributed by atoms with Gasteiger partial charge < -0.3 is 10.3 Å². The summed E-state index contributed by atoms with van der Waals surface area (Å²) in [6.07, 6.45) is 0. The number of carbonyl (C=O) groups excluding carboxylic acids is 1. The maximum absolute atomic E-state index is 10.5. The van der Waals surface area contributed by atoms with Crippen molar-refractivity contribution in [2.24, 2.45) is 10.8 Å². The van der Waals surface area contributed by atoms with Crippen LogP contribution in [-0.2, 0) is 4.79 Å². The van der Waals surface area contributed by atoms with E-state index in [9.17, 15) is 4.79 Å². The van der Waals surface area contributed by atoms with Crippen molar-refractivity contribution in [3.8, 4) is 6.07 Å². The number of nitrogens with one attached hydrogen (secondary N) is 1. The summed E-state index contributed by atoms with van der Waals surface area (Å²) in [4.78, 5) is 10.5. The van der Waals surface area contributed by atoms with E-state index in [1.54, 1.807) is 13.0 Å². The molecule has 14 heavy (non-hydrogen) atoms. The van der Waals surface area contributed by atoms with Gasteiger partial charge in [-0.1, -0.05) is 5.16 Å². The van der Waals surface area contributed by atoms with Gasteiger partial charge in [-0.05, 0) is 6.92 Å². The van der Waals surface area contributed by atoms with Crippen molar-refractivity contribution in [2.45, 2.75) is 6.92 Å². The fraction of sp³-hybridized carbons (Fsp3) is 0.143. The molecule has 0 saturated carbocycles. The number of hydrazone groups is 1. The summed E-state index contributed by atoms with van der Waals surface area (Å²) in [7, 11) is 0. The molecule has 0 aliphatic rings. The highest BCUT2D eigenvalue weighted by atomic mass is 16.5. The standard InChI is InChI=1S/C7H7N5O2/c1-4-2-6(12-14-4)11-10-5(3-8)7(9)13/h2H,1H3,(H2,9,13)(H,11,12)/b10-5+. The molecule has 0 radical (unpaired) electrons. The molecule has 0 aliphatic heterocycles. The lowest BCUT2D eigenvalue weighted by Gasteiger charge is -1.92. The topological polar surface area (TPSA) is 117 Å². The van der Waals surface area contributed by atoms with Crippen molar-refractivity contribution < 1.29 is 9.32 Å². The smallest absolute Gasteiger partial charge is 0.280 e. The quantitative estimate of drug-likeness (QED) is 0.507. The first-order valence-corrected chi connectivity index (χ1v) is 3.60. The Morgan fingerprint density at radius 3 is 3.00 bits per heavy atom. The molecule has 1 heterocycles. The molecule has 0 unspecified atom stereocenters. The van der Waals surface area contributed by atoms with Gasteiger partial charge in [0.05, 0.1) is 0 Å². The van der Waals surface area contributed by atoms with Gasteiger partial charge in [0, 0.05) is 6.07 Å². The SMILES string of the molecule is Cc1cc(N/N=C(\C#N)C(N)=O)no1. The van der Waals surface area contributed by atoms with E-state index in [4.69, 9.17) is 15.5 Å². The van der Waals surface area contributed by atoms with E-state index in [1.807, 2.05) is 0 Å². The molecule has 7 nitrogen and oxygen atoms in total. The van der Waals surface area contributed by atoms with Crippen LogP contribution in [0.25, 0.3) is 0 Å². The van der Waals surface area contributed by atoms with E-state index in [1.165, 1.54) is 6.07 Å². The number of hydrogen-bond acceptors (Lipinski definition) is 6. The maximum Gasteiger partial charge on any atom is 0.280 e. The highest BCUT2D eigenvalue weighted by molar-refractivity contribution is 6.44. The van der Waals surface area contributed by atoms with Crippen LogP contribution < -0.4 is 11.2 Å². The third kappa shape index (κ3) is 2.31. The summed E-state index contributed by atoms with van der Waals surface area (Å²) in [6.45, 7) is 1.70. The average Bonchev–Trinajstić information content (AvgIpc) is 2.52. The number of nitriles is 1. The van der Waals surface area contributed by atoms with Crippen molar-refractivity contribution in [1.82, 2.24) is 5.16 Å². The number of carbonyl (C=O) groups is 1. The van der Waals surface area contributed by atoms with Gasteiger partial charge in [-0.15, -0.1) is 0 Å². The normalized spacial score (nSPS) is 10.7. The van der Waals surface area contributed by atoms with E-state index >= 15 is 0 Å². The number of amides is 1. The van der Waals surface area contributed by atoms with E-state index in [2.05, 4.69) is 15.7 Å². The molecule has 7 heteroatoms. The fourth-order valence-electron chi connectivity index (χ4n) is 0.667. The van der Waals surface area contributed by atoms with Crippen LogP contribution in [0.1, 0.15) is 5.76 Å². The molecule has 1 rings (SSSR count). The molecule has 1 aromatic rings. The van der Waals surface area contributed by atoms with Crippen molar-refractivity contribution in [2.75, 3.05) is 5.43 Å². The number of hydrogen-bond donors (Lipinski definition) is 2. The lowest BCUT2D eigenvalue weighted by Crippen LogP contribution is -2.22. The van der Waals surface area contributed by atoms with Gasteiger partial charge in [0.1, 0.15) is 11.8 Å². The zero-order chi connectivity index (χ0) is 10.6. The molecule has 1 amide bonds. The summed E-state index contributed by atoms with van der Waals surface area (Å²) in [5.41, 5.74) is 6.77. The molecule has 1 aromatic heterocycles. The third-order valence-corrected chi connectivity index (χ3v) is 1.25. The first kappa shape index (κ1) is 9.73. The predicted molar refractivity (Wildman–Crippen MR) is 47.1 cm³/mol. The lowest BCUT2D eigenvalue weighted by molar-refractivity contribution is -0.111. The molecule has 0 fully saturated rings. The van der Waals surface area contributed by atoms with Gasteiger partial charge in [-0.25, -0.2) is 0 Å². The Balaban J connectivity index is 2.72. The fourth-order valence-corrected chi connectivity index (χ4v) is 0.667. The van der Waals surface area contributed by atoms with Crippen LogP contribution in [0.2, 0.25) is 0 Å². The van der Waals surface area contributed by atoms with Crippen LogP contribution in [0, 0.1) is 18.3 Å². The molecule has 0 atom stereocenters. The second-order valence-corrected chi connectivity index (χ2v) is 2.37. The van der Waals surface area contributed by atoms with Crippen molar-refractivity contribution >= 4 is 17.4 Å². The third-order valence-electron chi connectivity index (χ3n) is 1.25. The second kappa shape index (κ2) is 4.04. The molecule has 0 spiro atoms. The first-order valence-electron chi connectivity index (χ1n) is 3.60. The minimum absolute atomic E-state index is 0.302. The highest BCUT2D eigenvalue weighted by Gasteiger charge is 2.05. The molecular weight excluding hydrogens is 186 g/mol. The van der Waals surface area contributed by atoms with Crippen molar-refractivity contribution in [3.63, 3.8) is 0 Å². The minimum atomic E-state index is -0.903. The molecular formula is C7H7N5O2. The number of nitrogens with zero attached hydrogens (tertiary/aromatic N) is 3. The summed E-state index contributed by atoms with van der Waals surface area (Å²) in [6, 6.07) is 3.09. The zero-order valence-corrected chi connectivity index (χ0v) is 7.31. The Hall–Kier alpha value is -2.36. The largest absolute Gasteiger partial charge is 0.364 e. The number of nitrogens with two attached hydrogens (primary N) is 1. The number of aromatic nitrogens is 1.